The lowest BCUT2D eigenvalue weighted by Gasteiger charge is -2.17. The van der Waals surface area contributed by atoms with Gasteiger partial charge in [-0.2, -0.15) is 0 Å². The summed E-state index contributed by atoms with van der Waals surface area (Å²) in [7, 11) is 3.80. The summed E-state index contributed by atoms with van der Waals surface area (Å²) in [6.07, 6.45) is 2.20. The third-order valence-electron chi connectivity index (χ3n) is 2.64. The fourth-order valence-corrected chi connectivity index (χ4v) is 1.45. The molecule has 0 amide bonds. The highest BCUT2D eigenvalue weighted by Crippen LogP contribution is 2.01. The van der Waals surface area contributed by atoms with Crippen LogP contribution in [0.4, 0.5) is 0 Å². The van der Waals surface area contributed by atoms with Gasteiger partial charge in [0, 0.05) is 13.0 Å². The van der Waals surface area contributed by atoms with E-state index in [1.165, 1.54) is 0 Å². The van der Waals surface area contributed by atoms with Crippen LogP contribution in [0.15, 0.2) is 0 Å². The van der Waals surface area contributed by atoms with E-state index in [4.69, 9.17) is 9.84 Å². The minimum Gasteiger partial charge on any atom is -0.481 e. The average Bonchev–Trinajstić information content (AvgIpc) is 2.32. The quantitative estimate of drug-likeness (QED) is 0.427. The van der Waals surface area contributed by atoms with Crippen LogP contribution >= 0.6 is 0 Å². The summed E-state index contributed by atoms with van der Waals surface area (Å²) in [6.45, 7) is 3.74. The molecule has 0 saturated carbocycles. The number of unbranched alkanes of at least 4 members (excludes halogenated alkanes) is 1. The molecule has 0 spiro atoms. The summed E-state index contributed by atoms with van der Waals surface area (Å²) in [5.41, 5.74) is 0. The minimum absolute atomic E-state index is 0.0351. The van der Waals surface area contributed by atoms with Crippen molar-refractivity contribution in [2.45, 2.75) is 38.6 Å². The van der Waals surface area contributed by atoms with Crippen LogP contribution in [0.5, 0.6) is 0 Å². The standard InChI is InChI=1S/C13H26N2O4/c1-4-5-8-14-11(6-7-12(16)17)13(18)19-10-9-15(2)3/h11,14H,4-10H2,1-3H3,(H,16,17)/t11-/m0/s1. The Balaban J connectivity index is 4.12. The molecule has 0 aliphatic rings. The van der Waals surface area contributed by atoms with E-state index in [2.05, 4.69) is 12.2 Å². The molecule has 2 N–H and O–H groups in total. The van der Waals surface area contributed by atoms with Crippen LogP contribution in [0.2, 0.25) is 0 Å². The number of hydrogen-bond acceptors (Lipinski definition) is 5. The van der Waals surface area contributed by atoms with Crippen LogP contribution in [0.3, 0.4) is 0 Å². The molecule has 112 valence electrons. The van der Waals surface area contributed by atoms with Crippen LogP contribution in [0.25, 0.3) is 0 Å². The molecule has 0 aromatic carbocycles. The third kappa shape index (κ3) is 10.5. The predicted molar refractivity (Wildman–Crippen MR) is 73.1 cm³/mol. The van der Waals surface area contributed by atoms with E-state index in [0.717, 1.165) is 12.8 Å². The van der Waals surface area contributed by atoms with E-state index in [1.54, 1.807) is 0 Å². The summed E-state index contributed by atoms with van der Waals surface area (Å²) in [4.78, 5) is 24.3. The highest BCUT2D eigenvalue weighted by Gasteiger charge is 2.20. The highest BCUT2D eigenvalue weighted by atomic mass is 16.5. The lowest BCUT2D eigenvalue weighted by molar-refractivity contribution is -0.147. The largest absolute Gasteiger partial charge is 0.481 e. The fraction of sp³-hybridized carbons (Fsp3) is 0.846. The number of carboxylic acid groups (broad SMARTS) is 1. The Labute approximate surface area is 115 Å². The molecule has 0 bridgehead atoms. The van der Waals surface area contributed by atoms with Crippen LogP contribution in [-0.4, -0.2) is 61.8 Å². The molecule has 0 rings (SSSR count). The second kappa shape index (κ2) is 10.8. The lowest BCUT2D eigenvalue weighted by atomic mass is 10.1. The molecular weight excluding hydrogens is 248 g/mol. The maximum absolute atomic E-state index is 11.8. The van der Waals surface area contributed by atoms with E-state index in [0.29, 0.717) is 19.7 Å². The van der Waals surface area contributed by atoms with Gasteiger partial charge in [-0.3, -0.25) is 9.59 Å². The van der Waals surface area contributed by atoms with Crippen LogP contribution < -0.4 is 5.32 Å². The first-order chi connectivity index (χ1) is 8.97. The van der Waals surface area contributed by atoms with Gasteiger partial charge >= 0.3 is 11.9 Å². The van der Waals surface area contributed by atoms with E-state index in [9.17, 15) is 9.59 Å². The van der Waals surface area contributed by atoms with Gasteiger partial charge in [-0.05, 0) is 33.5 Å². The Morgan fingerprint density at radius 3 is 2.58 bits per heavy atom. The lowest BCUT2D eigenvalue weighted by Crippen LogP contribution is -2.39. The van der Waals surface area contributed by atoms with Gasteiger partial charge in [-0.1, -0.05) is 13.3 Å². The van der Waals surface area contributed by atoms with Crippen molar-refractivity contribution in [3.05, 3.63) is 0 Å². The molecule has 0 saturated heterocycles. The van der Waals surface area contributed by atoms with Gasteiger partial charge in [0.15, 0.2) is 0 Å². The van der Waals surface area contributed by atoms with Gasteiger partial charge in [0.2, 0.25) is 0 Å². The summed E-state index contributed by atoms with van der Waals surface area (Å²) in [6, 6.07) is -0.523. The normalized spacial score (nSPS) is 12.4. The summed E-state index contributed by atoms with van der Waals surface area (Å²) >= 11 is 0. The Hall–Kier alpha value is -1.14. The SMILES string of the molecule is CCCCN[C@@H](CCC(=O)O)C(=O)OCCN(C)C. The van der Waals surface area contributed by atoms with Crippen molar-refractivity contribution in [2.24, 2.45) is 0 Å². The highest BCUT2D eigenvalue weighted by molar-refractivity contribution is 5.77. The molecule has 6 nitrogen and oxygen atoms in total. The molecule has 0 heterocycles. The van der Waals surface area contributed by atoms with Crippen molar-refractivity contribution in [1.82, 2.24) is 10.2 Å². The number of nitrogens with zero attached hydrogens (tertiary/aromatic N) is 1. The smallest absolute Gasteiger partial charge is 0.323 e. The maximum Gasteiger partial charge on any atom is 0.323 e. The number of likely N-dealkylation sites (N-methyl/N-ethyl adjacent to an activating group) is 1. The predicted octanol–water partition coefficient (Wildman–Crippen LogP) is 0.714. The van der Waals surface area contributed by atoms with Crippen molar-refractivity contribution in [3.63, 3.8) is 0 Å². The number of nitrogens with one attached hydrogen (secondary N) is 1. The Bertz CT molecular complexity index is 269. The van der Waals surface area contributed by atoms with E-state index >= 15 is 0 Å². The number of esters is 1. The number of carboxylic acids is 1. The van der Waals surface area contributed by atoms with E-state index < -0.39 is 12.0 Å². The minimum atomic E-state index is -0.900. The van der Waals surface area contributed by atoms with Crippen molar-refractivity contribution in [3.8, 4) is 0 Å². The van der Waals surface area contributed by atoms with Crippen LogP contribution in [-0.2, 0) is 14.3 Å². The Morgan fingerprint density at radius 1 is 1.37 bits per heavy atom. The van der Waals surface area contributed by atoms with Gasteiger partial charge in [-0.15, -0.1) is 0 Å². The molecular formula is C13H26N2O4. The second-order valence-electron chi connectivity index (χ2n) is 4.76. The first kappa shape index (κ1) is 17.9. The van der Waals surface area contributed by atoms with Gasteiger partial charge in [-0.25, -0.2) is 0 Å². The van der Waals surface area contributed by atoms with Crippen molar-refractivity contribution in [1.29, 1.82) is 0 Å². The Kier molecular flexibility index (Phi) is 10.1. The van der Waals surface area contributed by atoms with Crippen molar-refractivity contribution < 1.29 is 19.4 Å². The summed E-state index contributed by atoms with van der Waals surface area (Å²) in [5, 5.41) is 11.7. The molecule has 19 heavy (non-hydrogen) atoms. The van der Waals surface area contributed by atoms with Crippen LogP contribution in [0, 0.1) is 0 Å². The second-order valence-corrected chi connectivity index (χ2v) is 4.76. The summed E-state index contributed by atoms with van der Waals surface area (Å²) in [5.74, 6) is -1.26. The number of rotatable bonds is 11. The topological polar surface area (TPSA) is 78.9 Å². The first-order valence-electron chi connectivity index (χ1n) is 6.74. The molecule has 0 aliphatic heterocycles. The van der Waals surface area contributed by atoms with E-state index in [-0.39, 0.29) is 18.8 Å². The fourth-order valence-electron chi connectivity index (χ4n) is 1.45. The first-order valence-corrected chi connectivity index (χ1v) is 6.74. The number of carbonyl (C=O) groups is 2. The van der Waals surface area contributed by atoms with Gasteiger partial charge in [0.25, 0.3) is 0 Å². The molecule has 0 radical (unpaired) electrons. The number of ether oxygens (including phenoxy) is 1. The van der Waals surface area contributed by atoms with Gasteiger partial charge < -0.3 is 20.1 Å². The molecule has 0 unspecified atom stereocenters. The summed E-state index contributed by atoms with van der Waals surface area (Å²) < 4.78 is 5.14. The van der Waals surface area contributed by atoms with Crippen molar-refractivity contribution in [2.75, 3.05) is 33.8 Å². The van der Waals surface area contributed by atoms with Gasteiger partial charge in [0.1, 0.15) is 12.6 Å². The zero-order valence-corrected chi connectivity index (χ0v) is 12.1. The van der Waals surface area contributed by atoms with Crippen LogP contribution in [0.1, 0.15) is 32.6 Å². The molecule has 6 heteroatoms. The zero-order valence-electron chi connectivity index (χ0n) is 12.1. The van der Waals surface area contributed by atoms with Crippen molar-refractivity contribution >= 4 is 11.9 Å². The zero-order chi connectivity index (χ0) is 14.7. The third-order valence-corrected chi connectivity index (χ3v) is 2.64. The molecule has 0 aliphatic carbocycles. The van der Waals surface area contributed by atoms with E-state index in [1.807, 2.05) is 19.0 Å². The maximum atomic E-state index is 11.8. The molecule has 0 fully saturated rings. The average molecular weight is 274 g/mol. The van der Waals surface area contributed by atoms with Gasteiger partial charge in [0.05, 0.1) is 0 Å². The number of hydrogen-bond donors (Lipinski definition) is 2. The number of aliphatic carboxylic acids is 1. The molecule has 0 aromatic rings. The molecule has 0 aromatic heterocycles. The monoisotopic (exact) mass is 274 g/mol. The number of carbonyl (C=O) groups excluding carboxylic acids is 1. The molecule has 1 atom stereocenters. The Morgan fingerprint density at radius 2 is 2.05 bits per heavy atom.